The summed E-state index contributed by atoms with van der Waals surface area (Å²) in [6.07, 6.45) is -4.50. The van der Waals surface area contributed by atoms with Crippen LogP contribution in [0.4, 0.5) is 13.2 Å². The molecule has 41 heavy (non-hydrogen) atoms. The Kier molecular flexibility index (Phi) is 9.54. The molecule has 0 N–H and O–H groups in total. The molecule has 1 aliphatic heterocycles. The van der Waals surface area contributed by atoms with E-state index in [9.17, 15) is 22.8 Å². The summed E-state index contributed by atoms with van der Waals surface area (Å²) in [5.74, 6) is -1.43. The number of hydrogen-bond acceptors (Lipinski definition) is 7. The molecule has 0 atom stereocenters. The van der Waals surface area contributed by atoms with Crippen molar-refractivity contribution in [3.05, 3.63) is 105 Å². The summed E-state index contributed by atoms with van der Waals surface area (Å²) in [4.78, 5) is 27.8. The lowest BCUT2D eigenvalue weighted by atomic mass is 10.1. The maximum Gasteiger partial charge on any atom is 0.437 e. The van der Waals surface area contributed by atoms with Crippen molar-refractivity contribution in [2.75, 3.05) is 26.3 Å². The van der Waals surface area contributed by atoms with E-state index in [2.05, 4.69) is 10.00 Å². The fourth-order valence-electron chi connectivity index (χ4n) is 4.23. The molecule has 13 heteroatoms. The molecule has 0 unspecified atom stereocenters. The van der Waals surface area contributed by atoms with Gasteiger partial charge in [0.2, 0.25) is 5.89 Å². The second kappa shape index (κ2) is 12.9. The number of hydrogen-bond donors (Lipinski definition) is 0. The third-order valence-corrected chi connectivity index (χ3v) is 6.52. The molecule has 0 spiro atoms. The van der Waals surface area contributed by atoms with E-state index < -0.39 is 23.5 Å². The summed E-state index contributed by atoms with van der Waals surface area (Å²) in [5.41, 5.74) is 1.04. The SMILES string of the molecule is Cl.O=C(Oc1ccc(Cl)cc1Cn1nc(-c2ccc(C(F)(F)F)cc2)oc1=O)c1cccc(CN2CCOCC2)c1. The highest BCUT2D eigenvalue weighted by Gasteiger charge is 2.30. The van der Waals surface area contributed by atoms with Crippen molar-refractivity contribution < 1.29 is 31.9 Å². The molecule has 0 saturated carbocycles. The van der Waals surface area contributed by atoms with Gasteiger partial charge in [-0.2, -0.15) is 17.9 Å². The van der Waals surface area contributed by atoms with Crippen molar-refractivity contribution in [2.24, 2.45) is 0 Å². The van der Waals surface area contributed by atoms with Crippen molar-refractivity contribution in [1.29, 1.82) is 0 Å². The van der Waals surface area contributed by atoms with E-state index in [1.807, 2.05) is 6.07 Å². The Bertz CT molecular complexity index is 1570. The van der Waals surface area contributed by atoms with Crippen LogP contribution in [-0.2, 0) is 24.0 Å². The summed E-state index contributed by atoms with van der Waals surface area (Å²) in [6.45, 7) is 3.47. The Labute approximate surface area is 243 Å². The van der Waals surface area contributed by atoms with Gasteiger partial charge in [0.15, 0.2) is 0 Å². The highest BCUT2D eigenvalue weighted by Crippen LogP contribution is 2.31. The molecule has 5 rings (SSSR count). The normalized spacial score (nSPS) is 14.0. The third-order valence-electron chi connectivity index (χ3n) is 6.28. The average molecular weight is 610 g/mol. The molecule has 8 nitrogen and oxygen atoms in total. The van der Waals surface area contributed by atoms with Crippen LogP contribution in [0.5, 0.6) is 5.75 Å². The van der Waals surface area contributed by atoms with E-state index >= 15 is 0 Å². The predicted molar refractivity (Wildman–Crippen MR) is 146 cm³/mol. The van der Waals surface area contributed by atoms with Crippen LogP contribution in [0.15, 0.2) is 75.9 Å². The van der Waals surface area contributed by atoms with Gasteiger partial charge in [-0.1, -0.05) is 23.7 Å². The standard InChI is InChI=1S/C28H23ClF3N3O5.ClH/c29-23-8-9-24(39-26(36)20-3-1-2-18(14-20)16-34-10-12-38-13-11-34)21(15-23)17-35-27(37)40-25(33-35)19-4-6-22(7-5-19)28(30,31)32;/h1-9,14-15H,10-13,16-17H2;1H. The quantitative estimate of drug-likeness (QED) is 0.196. The number of aromatic nitrogens is 2. The first-order valence-electron chi connectivity index (χ1n) is 12.3. The van der Waals surface area contributed by atoms with Gasteiger partial charge >= 0.3 is 17.9 Å². The molecule has 0 aliphatic carbocycles. The highest BCUT2D eigenvalue weighted by atomic mass is 35.5. The fraction of sp³-hybridized carbons (Fsp3) is 0.250. The second-order valence-corrected chi connectivity index (χ2v) is 9.57. The van der Waals surface area contributed by atoms with Crippen molar-refractivity contribution >= 4 is 30.0 Å². The van der Waals surface area contributed by atoms with Crippen LogP contribution >= 0.6 is 24.0 Å². The topological polar surface area (TPSA) is 86.8 Å². The summed E-state index contributed by atoms with van der Waals surface area (Å²) in [5, 5.41) is 4.44. The number of carbonyl (C=O) groups excluding carboxylic acids is 1. The summed E-state index contributed by atoms with van der Waals surface area (Å²) in [7, 11) is 0. The zero-order valence-corrected chi connectivity index (χ0v) is 23.0. The minimum absolute atomic E-state index is 0. The average Bonchev–Trinajstić information content (AvgIpc) is 3.30. The van der Waals surface area contributed by atoms with E-state index in [0.717, 1.165) is 47.6 Å². The lowest BCUT2D eigenvalue weighted by molar-refractivity contribution is -0.137. The van der Waals surface area contributed by atoms with E-state index in [4.69, 9.17) is 25.5 Å². The Morgan fingerprint density at radius 2 is 1.73 bits per heavy atom. The van der Waals surface area contributed by atoms with Crippen LogP contribution in [0.2, 0.25) is 5.02 Å². The Morgan fingerprint density at radius 1 is 1.00 bits per heavy atom. The monoisotopic (exact) mass is 609 g/mol. The molecule has 0 amide bonds. The minimum Gasteiger partial charge on any atom is -0.423 e. The molecule has 3 aromatic carbocycles. The van der Waals surface area contributed by atoms with Crippen LogP contribution in [0, 0.1) is 0 Å². The van der Waals surface area contributed by atoms with E-state index in [-0.39, 0.29) is 36.2 Å². The van der Waals surface area contributed by atoms with Gasteiger partial charge in [-0.05, 0) is 60.2 Å². The molecule has 0 radical (unpaired) electrons. The van der Waals surface area contributed by atoms with Gasteiger partial charge in [-0.25, -0.2) is 9.59 Å². The molecule has 1 fully saturated rings. The van der Waals surface area contributed by atoms with Gasteiger partial charge in [-0.3, -0.25) is 4.90 Å². The fourth-order valence-corrected chi connectivity index (χ4v) is 4.42. The first-order valence-corrected chi connectivity index (χ1v) is 12.7. The molecule has 2 heterocycles. The van der Waals surface area contributed by atoms with E-state index in [0.29, 0.717) is 35.9 Å². The van der Waals surface area contributed by atoms with Crippen LogP contribution in [0.1, 0.15) is 27.0 Å². The number of ether oxygens (including phenoxy) is 2. The summed E-state index contributed by atoms with van der Waals surface area (Å²) >= 11 is 6.17. The number of alkyl halides is 3. The number of benzene rings is 3. The van der Waals surface area contributed by atoms with E-state index in [1.165, 1.54) is 12.1 Å². The molecule has 4 aromatic rings. The Morgan fingerprint density at radius 3 is 2.44 bits per heavy atom. The minimum atomic E-state index is -4.50. The van der Waals surface area contributed by atoms with Gasteiger partial charge < -0.3 is 13.9 Å². The van der Waals surface area contributed by atoms with Crippen LogP contribution < -0.4 is 10.5 Å². The maximum atomic E-state index is 13.0. The summed E-state index contributed by atoms with van der Waals surface area (Å²) in [6, 6.07) is 15.8. The predicted octanol–water partition coefficient (Wildman–Crippen LogP) is 5.70. The van der Waals surface area contributed by atoms with Crippen LogP contribution in [0.3, 0.4) is 0 Å². The van der Waals surface area contributed by atoms with Crippen molar-refractivity contribution in [2.45, 2.75) is 19.3 Å². The van der Waals surface area contributed by atoms with Gasteiger partial charge in [-0.15, -0.1) is 17.5 Å². The highest BCUT2D eigenvalue weighted by molar-refractivity contribution is 6.30. The zero-order valence-electron chi connectivity index (χ0n) is 21.4. The molecular formula is C28H24Cl2F3N3O5. The number of nitrogens with zero attached hydrogens (tertiary/aromatic N) is 3. The first kappa shape index (κ1) is 30.3. The van der Waals surface area contributed by atoms with Gasteiger partial charge in [0.05, 0.1) is 30.9 Å². The van der Waals surface area contributed by atoms with Crippen molar-refractivity contribution in [1.82, 2.24) is 14.7 Å². The molecular weight excluding hydrogens is 586 g/mol. The zero-order chi connectivity index (χ0) is 28.3. The molecule has 1 saturated heterocycles. The largest absolute Gasteiger partial charge is 0.437 e. The Hall–Kier alpha value is -3.64. The van der Waals surface area contributed by atoms with Crippen LogP contribution in [0.25, 0.3) is 11.5 Å². The van der Waals surface area contributed by atoms with Gasteiger partial charge in [0.1, 0.15) is 5.75 Å². The Balaban J connectivity index is 0.00000387. The molecule has 216 valence electrons. The van der Waals surface area contributed by atoms with Gasteiger partial charge in [0.25, 0.3) is 0 Å². The molecule has 0 bridgehead atoms. The third kappa shape index (κ3) is 7.56. The van der Waals surface area contributed by atoms with Crippen molar-refractivity contribution in [3.8, 4) is 17.2 Å². The first-order chi connectivity index (χ1) is 19.2. The number of halogens is 5. The second-order valence-electron chi connectivity index (χ2n) is 9.14. The lowest BCUT2D eigenvalue weighted by Gasteiger charge is -2.26. The van der Waals surface area contributed by atoms with Crippen molar-refractivity contribution in [3.63, 3.8) is 0 Å². The van der Waals surface area contributed by atoms with E-state index in [1.54, 1.807) is 24.3 Å². The van der Waals surface area contributed by atoms with Crippen LogP contribution in [-0.4, -0.2) is 47.0 Å². The maximum absolute atomic E-state index is 13.0. The smallest absolute Gasteiger partial charge is 0.423 e. The number of esters is 1. The summed E-state index contributed by atoms with van der Waals surface area (Å²) < 4.78 is 55.8. The number of carbonyl (C=O) groups is 1. The van der Waals surface area contributed by atoms with Gasteiger partial charge in [0, 0.05) is 35.8 Å². The number of rotatable bonds is 7. The lowest BCUT2D eigenvalue weighted by Crippen LogP contribution is -2.35. The molecule has 1 aromatic heterocycles. The number of morpholine rings is 1. The molecule has 1 aliphatic rings.